The third-order valence-electron chi connectivity index (χ3n) is 6.65. The van der Waals surface area contributed by atoms with Crippen molar-refractivity contribution in [3.8, 4) is 0 Å². The minimum atomic E-state index is 0.421. The van der Waals surface area contributed by atoms with Crippen LogP contribution in [0.25, 0.3) is 0 Å². The number of piperidine rings is 1. The molecule has 3 aromatic rings. The van der Waals surface area contributed by atoms with Crippen molar-refractivity contribution in [2.45, 2.75) is 38.8 Å². The first-order valence-corrected chi connectivity index (χ1v) is 11.7. The molecule has 7 nitrogen and oxygen atoms in total. The standard InChI is InChI=1S/C25H32N6O/c1-20-6-5-11-26-24(20)30-12-9-22(10-13-30)25-28-27-23(19-29-14-16-32-17-15-29)31(25)18-21-7-3-2-4-8-21/h2-8,11,22H,9-10,12-19H2,1H3. The van der Waals surface area contributed by atoms with Gasteiger partial charge in [-0.05, 0) is 37.0 Å². The van der Waals surface area contributed by atoms with Crippen LogP contribution in [0.4, 0.5) is 5.82 Å². The van der Waals surface area contributed by atoms with E-state index in [9.17, 15) is 0 Å². The van der Waals surface area contributed by atoms with Gasteiger partial charge in [-0.1, -0.05) is 36.4 Å². The number of hydrogen-bond donors (Lipinski definition) is 0. The molecule has 0 bridgehead atoms. The largest absolute Gasteiger partial charge is 0.379 e. The van der Waals surface area contributed by atoms with Gasteiger partial charge in [0.2, 0.25) is 0 Å². The Morgan fingerprint density at radius 3 is 2.44 bits per heavy atom. The zero-order valence-corrected chi connectivity index (χ0v) is 18.9. The molecular formula is C25H32N6O. The van der Waals surface area contributed by atoms with Gasteiger partial charge < -0.3 is 14.2 Å². The van der Waals surface area contributed by atoms with Gasteiger partial charge >= 0.3 is 0 Å². The molecule has 0 unspecified atom stereocenters. The molecule has 0 aliphatic carbocycles. The lowest BCUT2D eigenvalue weighted by Gasteiger charge is -2.33. The van der Waals surface area contributed by atoms with Gasteiger partial charge in [-0.15, -0.1) is 10.2 Å². The molecule has 0 radical (unpaired) electrons. The van der Waals surface area contributed by atoms with Crippen molar-refractivity contribution >= 4 is 5.82 Å². The van der Waals surface area contributed by atoms with E-state index in [-0.39, 0.29) is 0 Å². The van der Waals surface area contributed by atoms with Gasteiger partial charge in [0.25, 0.3) is 0 Å². The molecule has 7 heteroatoms. The Bertz CT molecular complexity index is 1010. The number of hydrogen-bond acceptors (Lipinski definition) is 6. The van der Waals surface area contributed by atoms with Crippen molar-refractivity contribution in [3.05, 3.63) is 71.4 Å². The highest BCUT2D eigenvalue weighted by Crippen LogP contribution is 2.31. The zero-order chi connectivity index (χ0) is 21.8. The molecule has 32 heavy (non-hydrogen) atoms. The van der Waals surface area contributed by atoms with Gasteiger partial charge in [-0.2, -0.15) is 0 Å². The van der Waals surface area contributed by atoms with Crippen LogP contribution in [0.15, 0.2) is 48.7 Å². The highest BCUT2D eigenvalue weighted by molar-refractivity contribution is 5.46. The maximum Gasteiger partial charge on any atom is 0.147 e. The van der Waals surface area contributed by atoms with E-state index in [0.29, 0.717) is 5.92 Å². The number of aryl methyl sites for hydroxylation is 1. The molecule has 5 rings (SSSR count). The van der Waals surface area contributed by atoms with Crippen LogP contribution in [0.2, 0.25) is 0 Å². The molecule has 2 saturated heterocycles. The maximum absolute atomic E-state index is 5.52. The Hall–Kier alpha value is -2.77. The van der Waals surface area contributed by atoms with Crippen LogP contribution in [-0.4, -0.2) is 64.0 Å². The summed E-state index contributed by atoms with van der Waals surface area (Å²) in [6.45, 7) is 9.29. The first-order chi connectivity index (χ1) is 15.8. The molecule has 0 spiro atoms. The number of pyridine rings is 1. The number of benzene rings is 1. The summed E-state index contributed by atoms with van der Waals surface area (Å²) < 4.78 is 7.90. The van der Waals surface area contributed by atoms with Crippen LogP contribution in [0.3, 0.4) is 0 Å². The lowest BCUT2D eigenvalue weighted by molar-refractivity contribution is 0.0325. The molecule has 2 aromatic heterocycles. The van der Waals surface area contributed by atoms with E-state index in [1.165, 1.54) is 11.1 Å². The van der Waals surface area contributed by atoms with E-state index in [2.05, 4.69) is 67.8 Å². The van der Waals surface area contributed by atoms with Gasteiger partial charge in [0.05, 0.1) is 26.3 Å². The van der Waals surface area contributed by atoms with Crippen molar-refractivity contribution in [1.29, 1.82) is 0 Å². The van der Waals surface area contributed by atoms with E-state index in [1.54, 1.807) is 0 Å². The molecule has 2 aliphatic rings. The fourth-order valence-corrected chi connectivity index (χ4v) is 4.82. The topological polar surface area (TPSA) is 59.3 Å². The second-order valence-electron chi connectivity index (χ2n) is 8.84. The van der Waals surface area contributed by atoms with E-state index in [0.717, 1.165) is 82.8 Å². The summed E-state index contributed by atoms with van der Waals surface area (Å²) in [5.41, 5.74) is 2.53. The molecule has 2 fully saturated rings. The molecule has 0 atom stereocenters. The Balaban J connectivity index is 1.35. The summed E-state index contributed by atoms with van der Waals surface area (Å²) in [4.78, 5) is 9.46. The smallest absolute Gasteiger partial charge is 0.147 e. The summed E-state index contributed by atoms with van der Waals surface area (Å²) in [5, 5.41) is 9.42. The number of ether oxygens (including phenoxy) is 1. The number of nitrogens with zero attached hydrogens (tertiary/aromatic N) is 6. The van der Waals surface area contributed by atoms with Gasteiger partial charge in [0.1, 0.15) is 17.5 Å². The van der Waals surface area contributed by atoms with Gasteiger partial charge in [0.15, 0.2) is 0 Å². The van der Waals surface area contributed by atoms with Crippen LogP contribution >= 0.6 is 0 Å². The lowest BCUT2D eigenvalue weighted by atomic mass is 9.95. The maximum atomic E-state index is 5.52. The van der Waals surface area contributed by atoms with E-state index < -0.39 is 0 Å². The lowest BCUT2D eigenvalue weighted by Crippen LogP contribution is -2.37. The monoisotopic (exact) mass is 432 g/mol. The molecular weight excluding hydrogens is 400 g/mol. The molecule has 4 heterocycles. The summed E-state index contributed by atoms with van der Waals surface area (Å²) in [5.74, 6) is 3.73. The molecule has 0 N–H and O–H groups in total. The number of anilines is 1. The van der Waals surface area contributed by atoms with Gasteiger partial charge in [-0.3, -0.25) is 4.90 Å². The van der Waals surface area contributed by atoms with Gasteiger partial charge in [0, 0.05) is 38.3 Å². The zero-order valence-electron chi connectivity index (χ0n) is 18.9. The summed E-state index contributed by atoms with van der Waals surface area (Å²) in [6.07, 6.45) is 4.03. The normalized spacial score (nSPS) is 18.2. The molecule has 2 aliphatic heterocycles. The SMILES string of the molecule is Cc1cccnc1N1CCC(c2nnc(CN3CCOCC3)n2Cc2ccccc2)CC1. The highest BCUT2D eigenvalue weighted by Gasteiger charge is 2.28. The van der Waals surface area contributed by atoms with Crippen LogP contribution in [-0.2, 0) is 17.8 Å². The average Bonchev–Trinajstić information content (AvgIpc) is 3.23. The Morgan fingerprint density at radius 2 is 1.69 bits per heavy atom. The minimum absolute atomic E-state index is 0.421. The molecule has 0 amide bonds. The molecule has 0 saturated carbocycles. The van der Waals surface area contributed by atoms with Crippen molar-refractivity contribution in [2.75, 3.05) is 44.3 Å². The van der Waals surface area contributed by atoms with E-state index >= 15 is 0 Å². The van der Waals surface area contributed by atoms with Gasteiger partial charge in [-0.25, -0.2) is 4.98 Å². The van der Waals surface area contributed by atoms with Crippen LogP contribution in [0, 0.1) is 6.92 Å². The first kappa shape index (κ1) is 21.1. The van der Waals surface area contributed by atoms with Crippen LogP contribution in [0.5, 0.6) is 0 Å². The summed E-state index contributed by atoms with van der Waals surface area (Å²) in [7, 11) is 0. The van der Waals surface area contributed by atoms with Crippen molar-refractivity contribution < 1.29 is 4.74 Å². The van der Waals surface area contributed by atoms with Crippen molar-refractivity contribution in [3.63, 3.8) is 0 Å². The molecule has 1 aromatic carbocycles. The van der Waals surface area contributed by atoms with Crippen molar-refractivity contribution in [2.24, 2.45) is 0 Å². The third-order valence-corrected chi connectivity index (χ3v) is 6.65. The van der Waals surface area contributed by atoms with Crippen molar-refractivity contribution in [1.82, 2.24) is 24.6 Å². The second kappa shape index (κ2) is 9.79. The Morgan fingerprint density at radius 1 is 0.906 bits per heavy atom. The average molecular weight is 433 g/mol. The Labute approximate surface area is 190 Å². The predicted octanol–water partition coefficient (Wildman–Crippen LogP) is 3.25. The minimum Gasteiger partial charge on any atom is -0.379 e. The quantitative estimate of drug-likeness (QED) is 0.596. The fraction of sp³-hybridized carbons (Fsp3) is 0.480. The third kappa shape index (κ3) is 4.69. The van der Waals surface area contributed by atoms with Crippen LogP contribution in [0.1, 0.15) is 41.5 Å². The first-order valence-electron chi connectivity index (χ1n) is 11.7. The van der Waals surface area contributed by atoms with E-state index in [4.69, 9.17) is 9.84 Å². The predicted molar refractivity (Wildman–Crippen MR) is 125 cm³/mol. The number of aromatic nitrogens is 4. The summed E-state index contributed by atoms with van der Waals surface area (Å²) >= 11 is 0. The Kier molecular flexibility index (Phi) is 6.46. The van der Waals surface area contributed by atoms with Crippen LogP contribution < -0.4 is 4.90 Å². The number of rotatable bonds is 6. The number of morpholine rings is 1. The second-order valence-corrected chi connectivity index (χ2v) is 8.84. The molecule has 168 valence electrons. The summed E-state index contributed by atoms with van der Waals surface area (Å²) in [6, 6.07) is 14.8. The van der Waals surface area contributed by atoms with E-state index in [1.807, 2.05) is 12.3 Å². The highest BCUT2D eigenvalue weighted by atomic mass is 16.5. The fourth-order valence-electron chi connectivity index (χ4n) is 4.82.